The number of aryl methyl sites for hydroxylation is 1. The summed E-state index contributed by atoms with van der Waals surface area (Å²) in [6.45, 7) is 6.15. The van der Waals surface area contributed by atoms with Crippen molar-refractivity contribution in [2.45, 2.75) is 34.4 Å². The van der Waals surface area contributed by atoms with Crippen molar-refractivity contribution >= 4 is 60.8 Å². The van der Waals surface area contributed by atoms with Crippen LogP contribution in [0.15, 0.2) is 41.5 Å². The second-order valence-corrected chi connectivity index (χ2v) is 10.9. The van der Waals surface area contributed by atoms with Gasteiger partial charge in [0.2, 0.25) is 0 Å². The largest absolute Gasteiger partial charge is 0.275 e. The summed E-state index contributed by atoms with van der Waals surface area (Å²) in [7, 11) is 0. The molecular formula is C18H16Br2Cl2N2. The van der Waals surface area contributed by atoms with Gasteiger partial charge >= 0.3 is 0 Å². The third-order valence-electron chi connectivity index (χ3n) is 4.28. The molecule has 0 N–H and O–H groups in total. The standard InChI is InChI=1S/C18H16Br2Cl2N2/c1-10-8-11(9-23-14(10)16(21)22)15-12-6-4-5-7-13(12)18(19,20)17(2,3)24-15/h4-9,16H,1-3H3. The maximum absolute atomic E-state index is 5.97. The molecule has 0 amide bonds. The normalized spacial score (nSPS) is 18.2. The maximum Gasteiger partial charge on any atom is 0.149 e. The number of halogens is 4. The van der Waals surface area contributed by atoms with Gasteiger partial charge in [0, 0.05) is 17.3 Å². The smallest absolute Gasteiger partial charge is 0.149 e. The van der Waals surface area contributed by atoms with E-state index in [1.165, 1.54) is 0 Å². The molecule has 126 valence electrons. The molecule has 2 nitrogen and oxygen atoms in total. The molecule has 1 aromatic carbocycles. The van der Waals surface area contributed by atoms with Crippen molar-refractivity contribution in [1.82, 2.24) is 4.98 Å². The van der Waals surface area contributed by atoms with Gasteiger partial charge in [-0.25, -0.2) is 0 Å². The van der Waals surface area contributed by atoms with Crippen LogP contribution in [0.5, 0.6) is 0 Å². The van der Waals surface area contributed by atoms with Crippen molar-refractivity contribution in [2.75, 3.05) is 0 Å². The summed E-state index contributed by atoms with van der Waals surface area (Å²) < 4.78 is -0.424. The molecule has 2 heterocycles. The zero-order chi connectivity index (χ0) is 17.7. The number of rotatable bonds is 2. The van der Waals surface area contributed by atoms with Crippen molar-refractivity contribution in [2.24, 2.45) is 4.99 Å². The van der Waals surface area contributed by atoms with E-state index in [1.807, 2.05) is 25.1 Å². The van der Waals surface area contributed by atoms with Crippen LogP contribution in [0.1, 0.15) is 46.6 Å². The van der Waals surface area contributed by atoms with Gasteiger partial charge in [0.15, 0.2) is 0 Å². The monoisotopic (exact) mass is 488 g/mol. The van der Waals surface area contributed by atoms with Gasteiger partial charge in [-0.1, -0.05) is 79.3 Å². The molecule has 2 aromatic rings. The Morgan fingerprint density at radius 3 is 2.42 bits per heavy atom. The van der Waals surface area contributed by atoms with Crippen LogP contribution in [0.25, 0.3) is 0 Å². The molecule has 1 aliphatic heterocycles. The molecule has 0 fully saturated rings. The Morgan fingerprint density at radius 1 is 1.12 bits per heavy atom. The Hall–Kier alpha value is -0.420. The van der Waals surface area contributed by atoms with Crippen LogP contribution in [0.2, 0.25) is 0 Å². The first kappa shape index (κ1) is 18.4. The van der Waals surface area contributed by atoms with Crippen molar-refractivity contribution in [3.8, 4) is 0 Å². The first-order valence-corrected chi connectivity index (χ1v) is 9.93. The first-order valence-electron chi connectivity index (χ1n) is 7.48. The summed E-state index contributed by atoms with van der Waals surface area (Å²) in [6.07, 6.45) is 1.79. The quantitative estimate of drug-likeness (QED) is 0.445. The number of hydrogen-bond donors (Lipinski definition) is 0. The number of pyridine rings is 1. The molecule has 1 aliphatic rings. The number of fused-ring (bicyclic) bond motifs is 1. The van der Waals surface area contributed by atoms with Crippen LogP contribution in [-0.4, -0.2) is 16.2 Å². The highest BCUT2D eigenvalue weighted by atomic mass is 79.9. The fourth-order valence-corrected chi connectivity index (χ4v) is 4.19. The van der Waals surface area contributed by atoms with Crippen LogP contribution in [0.4, 0.5) is 0 Å². The highest BCUT2D eigenvalue weighted by Crippen LogP contribution is 2.53. The predicted molar refractivity (Wildman–Crippen MR) is 109 cm³/mol. The zero-order valence-electron chi connectivity index (χ0n) is 13.4. The van der Waals surface area contributed by atoms with Gasteiger partial charge in [-0.3, -0.25) is 9.98 Å². The van der Waals surface area contributed by atoms with Crippen LogP contribution in [0, 0.1) is 6.92 Å². The van der Waals surface area contributed by atoms with E-state index >= 15 is 0 Å². The Labute approximate surface area is 168 Å². The lowest BCUT2D eigenvalue weighted by molar-refractivity contribution is 0.485. The van der Waals surface area contributed by atoms with E-state index in [4.69, 9.17) is 28.2 Å². The third-order valence-corrected chi connectivity index (χ3v) is 7.49. The van der Waals surface area contributed by atoms with E-state index in [2.05, 4.69) is 62.8 Å². The van der Waals surface area contributed by atoms with Crippen molar-refractivity contribution < 1.29 is 0 Å². The molecule has 0 saturated carbocycles. The summed E-state index contributed by atoms with van der Waals surface area (Å²) in [5.41, 5.74) is 5.36. The highest BCUT2D eigenvalue weighted by Gasteiger charge is 2.47. The summed E-state index contributed by atoms with van der Waals surface area (Å²) >= 11 is 19.6. The number of nitrogens with zero attached hydrogens (tertiary/aromatic N) is 2. The molecule has 6 heteroatoms. The molecule has 0 aliphatic carbocycles. The molecule has 0 saturated heterocycles. The maximum atomic E-state index is 5.97. The Kier molecular flexibility index (Phi) is 4.89. The fraction of sp³-hybridized carbons (Fsp3) is 0.333. The lowest BCUT2D eigenvalue weighted by Gasteiger charge is -2.41. The molecule has 0 radical (unpaired) electrons. The van der Waals surface area contributed by atoms with Gasteiger partial charge in [0.25, 0.3) is 0 Å². The topological polar surface area (TPSA) is 25.2 Å². The fourth-order valence-electron chi connectivity index (χ4n) is 2.87. The molecule has 0 bridgehead atoms. The molecule has 0 spiro atoms. The van der Waals surface area contributed by atoms with Gasteiger partial charge < -0.3 is 0 Å². The number of benzene rings is 1. The SMILES string of the molecule is Cc1cc(C2=NC(C)(C)C(Br)(Br)c3ccccc32)cnc1C(Cl)Cl. The zero-order valence-corrected chi connectivity index (χ0v) is 18.1. The highest BCUT2D eigenvalue weighted by molar-refractivity contribution is 9.24. The van der Waals surface area contributed by atoms with Crippen molar-refractivity contribution in [1.29, 1.82) is 0 Å². The van der Waals surface area contributed by atoms with Gasteiger partial charge in [-0.2, -0.15) is 0 Å². The molecule has 0 unspecified atom stereocenters. The number of aliphatic imine (C=N–C) groups is 1. The average Bonchev–Trinajstić information content (AvgIpc) is 2.51. The number of alkyl halides is 4. The van der Waals surface area contributed by atoms with Gasteiger partial charge in [0.1, 0.15) is 8.07 Å². The van der Waals surface area contributed by atoms with Gasteiger partial charge in [-0.05, 0) is 38.0 Å². The Morgan fingerprint density at radius 2 is 1.79 bits per heavy atom. The molecule has 24 heavy (non-hydrogen) atoms. The summed E-state index contributed by atoms with van der Waals surface area (Å²) in [4.78, 5) is 8.82. The van der Waals surface area contributed by atoms with Gasteiger partial charge in [-0.15, -0.1) is 0 Å². The van der Waals surface area contributed by atoms with Gasteiger partial charge in [0.05, 0.1) is 16.9 Å². The minimum atomic E-state index is -0.631. The van der Waals surface area contributed by atoms with Crippen LogP contribution in [0.3, 0.4) is 0 Å². The second-order valence-electron chi connectivity index (χ2n) is 6.37. The van der Waals surface area contributed by atoms with E-state index in [-0.39, 0.29) is 5.54 Å². The third kappa shape index (κ3) is 2.96. The molecule has 1 aromatic heterocycles. The summed E-state index contributed by atoms with van der Waals surface area (Å²) in [6, 6.07) is 10.3. The van der Waals surface area contributed by atoms with E-state index in [1.54, 1.807) is 6.20 Å². The number of hydrogen-bond acceptors (Lipinski definition) is 2. The summed E-state index contributed by atoms with van der Waals surface area (Å²) in [5, 5.41) is 0. The van der Waals surface area contributed by atoms with Crippen molar-refractivity contribution in [3.63, 3.8) is 0 Å². The second kappa shape index (κ2) is 6.39. The minimum absolute atomic E-state index is 0.384. The summed E-state index contributed by atoms with van der Waals surface area (Å²) in [5.74, 6) is 0. The molecule has 3 rings (SSSR count). The average molecular weight is 491 g/mol. The van der Waals surface area contributed by atoms with Crippen LogP contribution >= 0.6 is 55.1 Å². The van der Waals surface area contributed by atoms with Crippen LogP contribution < -0.4 is 0 Å². The molecular weight excluding hydrogens is 475 g/mol. The molecule has 0 atom stereocenters. The van der Waals surface area contributed by atoms with Crippen LogP contribution in [-0.2, 0) is 3.23 Å². The Bertz CT molecular complexity index is 830. The Balaban J connectivity index is 2.21. The number of aromatic nitrogens is 1. The van der Waals surface area contributed by atoms with E-state index in [9.17, 15) is 0 Å². The van der Waals surface area contributed by atoms with E-state index in [0.29, 0.717) is 5.69 Å². The lowest BCUT2D eigenvalue weighted by Crippen LogP contribution is -2.41. The van der Waals surface area contributed by atoms with E-state index in [0.717, 1.165) is 28.0 Å². The van der Waals surface area contributed by atoms with Crippen molar-refractivity contribution in [3.05, 3.63) is 64.5 Å². The predicted octanol–water partition coefficient (Wildman–Crippen LogP) is 6.44. The lowest BCUT2D eigenvalue weighted by atomic mass is 9.84. The first-order chi connectivity index (χ1) is 11.1. The minimum Gasteiger partial charge on any atom is -0.275 e. The van der Waals surface area contributed by atoms with E-state index < -0.39 is 8.07 Å².